The molecular weight excluding hydrogens is 524 g/mol. The van der Waals surface area contributed by atoms with Crippen molar-refractivity contribution in [1.29, 1.82) is 5.26 Å². The Morgan fingerprint density at radius 2 is 2.05 bits per heavy atom. The fourth-order valence-corrected chi connectivity index (χ4v) is 5.12. The molecule has 6 heterocycles. The SMILES string of the molecule is C[C@H]1CN(c2cccc(OCc3ccc(C#N)cn3)n2)CCN1Cc1nc2ccc(C(=O)O)nc2n1C[C@@H]1CCO1. The first-order valence-electron chi connectivity index (χ1n) is 13.6. The van der Waals surface area contributed by atoms with Gasteiger partial charge in [-0.15, -0.1) is 0 Å². The third-order valence-corrected chi connectivity index (χ3v) is 7.53. The lowest BCUT2D eigenvalue weighted by atomic mass is 10.1. The smallest absolute Gasteiger partial charge is 0.354 e. The van der Waals surface area contributed by atoms with E-state index in [-0.39, 0.29) is 24.4 Å². The lowest BCUT2D eigenvalue weighted by Crippen LogP contribution is -2.52. The van der Waals surface area contributed by atoms with Crippen LogP contribution in [-0.4, -0.2) is 78.9 Å². The van der Waals surface area contributed by atoms with Gasteiger partial charge in [0.2, 0.25) is 5.88 Å². The topological polar surface area (TPSA) is 143 Å². The van der Waals surface area contributed by atoms with Gasteiger partial charge in [-0.1, -0.05) is 6.07 Å². The molecule has 6 rings (SSSR count). The summed E-state index contributed by atoms with van der Waals surface area (Å²) < 4.78 is 13.6. The number of carboxylic acids is 1. The predicted molar refractivity (Wildman–Crippen MR) is 148 cm³/mol. The van der Waals surface area contributed by atoms with Crippen molar-refractivity contribution in [3.05, 3.63) is 71.4 Å². The molecule has 0 amide bonds. The van der Waals surface area contributed by atoms with Crippen molar-refractivity contribution in [2.45, 2.75) is 45.2 Å². The molecule has 0 radical (unpaired) electrons. The molecule has 12 heteroatoms. The molecule has 0 unspecified atom stereocenters. The Hall–Kier alpha value is -4.60. The summed E-state index contributed by atoms with van der Waals surface area (Å²) in [6.45, 7) is 6.78. The van der Waals surface area contributed by atoms with Gasteiger partial charge in [0.1, 0.15) is 29.8 Å². The second-order valence-electron chi connectivity index (χ2n) is 10.3. The fourth-order valence-electron chi connectivity index (χ4n) is 5.12. The molecule has 0 saturated carbocycles. The first-order chi connectivity index (χ1) is 20.0. The number of piperazine rings is 1. The van der Waals surface area contributed by atoms with Crippen LogP contribution in [0, 0.1) is 11.3 Å². The van der Waals surface area contributed by atoms with E-state index in [4.69, 9.17) is 24.7 Å². The van der Waals surface area contributed by atoms with E-state index in [1.54, 1.807) is 18.2 Å². The van der Waals surface area contributed by atoms with Crippen molar-refractivity contribution < 1.29 is 19.4 Å². The van der Waals surface area contributed by atoms with E-state index < -0.39 is 5.97 Å². The molecule has 2 aliphatic rings. The zero-order valence-corrected chi connectivity index (χ0v) is 22.7. The van der Waals surface area contributed by atoms with E-state index in [0.717, 1.165) is 50.0 Å². The Balaban J connectivity index is 1.13. The van der Waals surface area contributed by atoms with Crippen LogP contribution in [0.1, 0.15) is 40.9 Å². The summed E-state index contributed by atoms with van der Waals surface area (Å²) in [7, 11) is 0. The Kier molecular flexibility index (Phi) is 7.45. The number of ether oxygens (including phenoxy) is 2. The van der Waals surface area contributed by atoms with E-state index in [1.165, 1.54) is 12.3 Å². The van der Waals surface area contributed by atoms with Crippen molar-refractivity contribution in [1.82, 2.24) is 29.4 Å². The third kappa shape index (κ3) is 5.82. The minimum atomic E-state index is -1.06. The molecule has 0 aliphatic carbocycles. The summed E-state index contributed by atoms with van der Waals surface area (Å²) in [6.07, 6.45) is 2.58. The van der Waals surface area contributed by atoms with Gasteiger partial charge in [0.25, 0.3) is 0 Å². The van der Waals surface area contributed by atoms with Gasteiger partial charge in [-0.3, -0.25) is 9.88 Å². The monoisotopic (exact) mass is 554 g/mol. The molecule has 0 spiro atoms. The lowest BCUT2D eigenvalue weighted by Gasteiger charge is -2.40. The van der Waals surface area contributed by atoms with Gasteiger partial charge in [-0.2, -0.15) is 10.2 Å². The number of hydrogen-bond acceptors (Lipinski definition) is 10. The van der Waals surface area contributed by atoms with Crippen LogP contribution >= 0.6 is 0 Å². The summed E-state index contributed by atoms with van der Waals surface area (Å²) in [5.74, 6) is 1.17. The molecule has 0 bridgehead atoms. The largest absolute Gasteiger partial charge is 0.477 e. The molecule has 4 aromatic heterocycles. The number of imidazole rings is 1. The van der Waals surface area contributed by atoms with Crippen molar-refractivity contribution in [3.63, 3.8) is 0 Å². The molecule has 0 aromatic carbocycles. The quantitative estimate of drug-likeness (QED) is 0.326. The molecule has 12 nitrogen and oxygen atoms in total. The van der Waals surface area contributed by atoms with Crippen LogP contribution in [0.4, 0.5) is 5.82 Å². The summed E-state index contributed by atoms with van der Waals surface area (Å²) >= 11 is 0. The molecule has 41 heavy (non-hydrogen) atoms. The Morgan fingerprint density at radius 3 is 2.76 bits per heavy atom. The first kappa shape index (κ1) is 26.6. The molecule has 2 fully saturated rings. The first-order valence-corrected chi connectivity index (χ1v) is 13.6. The number of carboxylic acid groups (broad SMARTS) is 1. The number of nitrogens with zero attached hydrogens (tertiary/aromatic N) is 8. The summed E-state index contributed by atoms with van der Waals surface area (Å²) in [5, 5.41) is 18.4. The van der Waals surface area contributed by atoms with Crippen LogP contribution in [0.5, 0.6) is 5.88 Å². The van der Waals surface area contributed by atoms with Gasteiger partial charge in [0.15, 0.2) is 11.3 Å². The second kappa shape index (κ2) is 11.5. The number of rotatable bonds is 9. The van der Waals surface area contributed by atoms with Gasteiger partial charge in [0.05, 0.1) is 30.5 Å². The predicted octanol–water partition coefficient (Wildman–Crippen LogP) is 2.87. The summed E-state index contributed by atoms with van der Waals surface area (Å²) in [6, 6.07) is 14.7. The highest BCUT2D eigenvalue weighted by molar-refractivity contribution is 5.88. The number of carbonyl (C=O) groups is 1. The second-order valence-corrected chi connectivity index (χ2v) is 10.3. The Morgan fingerprint density at radius 1 is 1.17 bits per heavy atom. The highest BCUT2D eigenvalue weighted by Gasteiger charge is 2.28. The summed E-state index contributed by atoms with van der Waals surface area (Å²) in [4.78, 5) is 34.4. The Bertz CT molecular complexity index is 1590. The van der Waals surface area contributed by atoms with Crippen molar-refractivity contribution in [2.24, 2.45) is 0 Å². The van der Waals surface area contributed by atoms with Crippen molar-refractivity contribution in [2.75, 3.05) is 31.1 Å². The van der Waals surface area contributed by atoms with Gasteiger partial charge < -0.3 is 24.0 Å². The van der Waals surface area contributed by atoms with E-state index in [2.05, 4.69) is 32.8 Å². The maximum absolute atomic E-state index is 11.5. The molecule has 1 N–H and O–H groups in total. The van der Waals surface area contributed by atoms with Crippen LogP contribution in [0.3, 0.4) is 0 Å². The average molecular weight is 555 g/mol. The van der Waals surface area contributed by atoms with Crippen LogP contribution in [0.2, 0.25) is 0 Å². The fraction of sp³-hybridized carbons (Fsp3) is 0.379. The number of aromatic carboxylic acids is 1. The molecular formula is C29H30N8O4. The molecule has 210 valence electrons. The van der Waals surface area contributed by atoms with E-state index >= 15 is 0 Å². The molecule has 2 saturated heterocycles. The molecule has 2 aliphatic heterocycles. The van der Waals surface area contributed by atoms with Crippen molar-refractivity contribution in [3.8, 4) is 11.9 Å². The van der Waals surface area contributed by atoms with E-state index in [0.29, 0.717) is 35.7 Å². The zero-order chi connectivity index (χ0) is 28.3. The van der Waals surface area contributed by atoms with Crippen LogP contribution in [-0.2, 0) is 24.4 Å². The van der Waals surface area contributed by atoms with Crippen LogP contribution < -0.4 is 9.64 Å². The standard InChI is InChI=1S/C29H30N8O4/c1-19-15-36(25-3-2-4-27(34-25)41-18-21-6-5-20(13-30)14-31-21)11-10-35(19)17-26-32-23-7-8-24(29(38)39)33-28(23)37(26)16-22-9-12-40-22/h2-8,14,19,22H,9-12,15-18H2,1H3,(H,38,39)/t19-,22-/m0/s1. The van der Waals surface area contributed by atoms with Gasteiger partial charge in [0, 0.05) is 44.5 Å². The number of aromatic nitrogens is 5. The number of fused-ring (bicyclic) bond motifs is 1. The minimum Gasteiger partial charge on any atom is -0.477 e. The average Bonchev–Trinajstić information content (AvgIpc) is 3.31. The molecule has 2 atom stereocenters. The third-order valence-electron chi connectivity index (χ3n) is 7.53. The van der Waals surface area contributed by atoms with Crippen molar-refractivity contribution >= 4 is 23.0 Å². The van der Waals surface area contributed by atoms with E-state index in [1.807, 2.05) is 22.8 Å². The van der Waals surface area contributed by atoms with E-state index in [9.17, 15) is 9.90 Å². The highest BCUT2D eigenvalue weighted by atomic mass is 16.5. The van der Waals surface area contributed by atoms with Gasteiger partial charge in [-0.25, -0.2) is 14.8 Å². The number of anilines is 1. The molecule has 4 aromatic rings. The van der Waals surface area contributed by atoms with Gasteiger partial charge in [-0.05, 0) is 43.7 Å². The Labute approximate surface area is 236 Å². The van der Waals surface area contributed by atoms with Crippen LogP contribution in [0.25, 0.3) is 11.2 Å². The lowest BCUT2D eigenvalue weighted by molar-refractivity contribution is -0.0593. The highest BCUT2D eigenvalue weighted by Crippen LogP contribution is 2.25. The summed E-state index contributed by atoms with van der Waals surface area (Å²) in [5.41, 5.74) is 2.51. The van der Waals surface area contributed by atoms with Gasteiger partial charge >= 0.3 is 5.97 Å². The number of nitriles is 1. The zero-order valence-electron chi connectivity index (χ0n) is 22.7. The minimum absolute atomic E-state index is 0.00795. The number of pyridine rings is 3. The van der Waals surface area contributed by atoms with Crippen LogP contribution in [0.15, 0.2) is 48.7 Å². The number of hydrogen-bond donors (Lipinski definition) is 1. The maximum Gasteiger partial charge on any atom is 0.354 e. The maximum atomic E-state index is 11.5. The normalized spacial score (nSPS) is 19.1.